The van der Waals surface area contributed by atoms with Crippen molar-refractivity contribution in [2.45, 2.75) is 33.1 Å². The number of carbonyl (C=O) groups excluding carboxylic acids is 1. The van der Waals surface area contributed by atoms with Crippen molar-refractivity contribution < 1.29 is 4.79 Å². The van der Waals surface area contributed by atoms with Gasteiger partial charge in [-0.3, -0.25) is 4.99 Å². The minimum absolute atomic E-state index is 0.271. The van der Waals surface area contributed by atoms with Gasteiger partial charge in [0, 0.05) is 51.6 Å². The monoisotopic (exact) mass is 364 g/mol. The Hall–Kier alpha value is -1.46. The Labute approximate surface area is 161 Å². The largest absolute Gasteiger partial charge is 0.377 e. The lowest BCUT2D eigenvalue weighted by Crippen LogP contribution is -2.30. The summed E-state index contributed by atoms with van der Waals surface area (Å²) < 4.78 is 0. The zero-order valence-corrected chi connectivity index (χ0v) is 17.8. The minimum atomic E-state index is 0.271. The molecule has 150 valence electrons. The molecule has 0 aliphatic carbocycles. The van der Waals surface area contributed by atoms with Crippen LogP contribution in [0.1, 0.15) is 33.1 Å². The molecule has 0 atom stereocenters. The van der Waals surface area contributed by atoms with Gasteiger partial charge < -0.3 is 19.5 Å². The number of likely N-dealkylation sites (tertiary alicyclic amines) is 1. The molecule has 0 aromatic carbocycles. The van der Waals surface area contributed by atoms with Crippen LogP contribution in [-0.4, -0.2) is 88.1 Å². The van der Waals surface area contributed by atoms with Crippen LogP contribution >= 0.6 is 0 Å². The van der Waals surface area contributed by atoms with Crippen LogP contribution < -0.4 is 0 Å². The first-order valence-electron chi connectivity index (χ1n) is 9.78. The highest BCUT2D eigenvalue weighted by molar-refractivity contribution is 5.71. The molecule has 1 saturated heterocycles. The van der Waals surface area contributed by atoms with Gasteiger partial charge in [0.05, 0.1) is 0 Å². The van der Waals surface area contributed by atoms with Crippen molar-refractivity contribution in [1.29, 1.82) is 0 Å². The summed E-state index contributed by atoms with van der Waals surface area (Å²) in [6, 6.07) is 0. The molecule has 0 spiro atoms. The molecule has 5 nitrogen and oxygen atoms in total. The van der Waals surface area contributed by atoms with E-state index in [1.54, 1.807) is 13.3 Å². The summed E-state index contributed by atoms with van der Waals surface area (Å²) in [6.07, 6.45) is 12.1. The van der Waals surface area contributed by atoms with Gasteiger partial charge in [-0.25, -0.2) is 0 Å². The summed E-state index contributed by atoms with van der Waals surface area (Å²) in [5.41, 5.74) is 1.30. The maximum absolute atomic E-state index is 10.7. The Bertz CT molecular complexity index is 435. The van der Waals surface area contributed by atoms with Gasteiger partial charge in [0.25, 0.3) is 0 Å². The van der Waals surface area contributed by atoms with Crippen LogP contribution in [0.25, 0.3) is 0 Å². The lowest BCUT2D eigenvalue weighted by Gasteiger charge is -2.29. The van der Waals surface area contributed by atoms with Crippen LogP contribution in [0.3, 0.4) is 0 Å². The molecule has 0 radical (unpaired) electrons. The van der Waals surface area contributed by atoms with Crippen LogP contribution in [0.5, 0.6) is 0 Å². The van der Waals surface area contributed by atoms with E-state index in [0.717, 1.165) is 51.7 Å². The zero-order valence-electron chi connectivity index (χ0n) is 17.8. The summed E-state index contributed by atoms with van der Waals surface area (Å²) in [4.78, 5) is 21.4. The van der Waals surface area contributed by atoms with Gasteiger partial charge in [0.1, 0.15) is 6.29 Å². The van der Waals surface area contributed by atoms with Gasteiger partial charge >= 0.3 is 0 Å². The number of rotatable bonds is 9. The Morgan fingerprint density at radius 1 is 1.15 bits per heavy atom. The van der Waals surface area contributed by atoms with Crippen molar-refractivity contribution in [3.05, 3.63) is 23.9 Å². The first-order valence-corrected chi connectivity index (χ1v) is 9.78. The molecule has 0 bridgehead atoms. The Kier molecular flexibility index (Phi) is 14.9. The lowest BCUT2D eigenvalue weighted by atomic mass is 9.99. The first-order chi connectivity index (χ1) is 12.5. The fourth-order valence-electron chi connectivity index (χ4n) is 2.45. The minimum Gasteiger partial charge on any atom is -0.377 e. The Morgan fingerprint density at radius 2 is 1.81 bits per heavy atom. The van der Waals surface area contributed by atoms with Crippen molar-refractivity contribution in [3.8, 4) is 0 Å². The molecule has 0 saturated carbocycles. The maximum atomic E-state index is 10.7. The van der Waals surface area contributed by atoms with E-state index in [2.05, 4.69) is 67.0 Å². The third-order valence-corrected chi connectivity index (χ3v) is 4.54. The standard InChI is InChI=1S/C14H22N2O.C7H18N2/c1-3-13(5-4-8-15-2)11-16-9-6-14(12-17)7-10-16;1-5-9(4)7-6-8(2)3/h4-5,8,11-12,14H,3,6-7,9-10H2,1-2H3;5-7H2,1-4H3/b5-4-,13-11+,15-8?;. The molecule has 0 aromatic heterocycles. The van der Waals surface area contributed by atoms with Gasteiger partial charge in [-0.05, 0) is 58.6 Å². The Morgan fingerprint density at radius 3 is 2.27 bits per heavy atom. The molecule has 1 rings (SSSR count). The van der Waals surface area contributed by atoms with Gasteiger partial charge in [0.2, 0.25) is 0 Å². The van der Waals surface area contributed by atoms with Crippen molar-refractivity contribution in [2.24, 2.45) is 10.9 Å². The number of aldehydes is 1. The summed E-state index contributed by atoms with van der Waals surface area (Å²) in [5.74, 6) is 0.271. The topological polar surface area (TPSA) is 39.2 Å². The molecule has 0 aromatic rings. The van der Waals surface area contributed by atoms with Gasteiger partial charge in [-0.1, -0.05) is 19.9 Å². The van der Waals surface area contributed by atoms with E-state index in [1.807, 2.05) is 6.08 Å². The number of carbonyl (C=O) groups is 1. The summed E-state index contributed by atoms with van der Waals surface area (Å²) in [5, 5.41) is 0. The molecule has 0 N–H and O–H groups in total. The van der Waals surface area contributed by atoms with E-state index in [4.69, 9.17) is 0 Å². The average Bonchev–Trinajstić information content (AvgIpc) is 2.66. The SMILES string of the molecule is CCC(/C=C\C=NC)=C\N1CCC(C=O)CC1.CCN(C)CCN(C)C. The lowest BCUT2D eigenvalue weighted by molar-refractivity contribution is -0.112. The molecule has 0 amide bonds. The molecule has 26 heavy (non-hydrogen) atoms. The molecular weight excluding hydrogens is 324 g/mol. The van der Waals surface area contributed by atoms with Crippen LogP contribution in [0.2, 0.25) is 0 Å². The molecule has 1 aliphatic heterocycles. The maximum Gasteiger partial charge on any atom is 0.123 e. The highest BCUT2D eigenvalue weighted by Gasteiger charge is 2.16. The number of aliphatic imine (C=N–C) groups is 1. The van der Waals surface area contributed by atoms with Crippen molar-refractivity contribution in [1.82, 2.24) is 14.7 Å². The molecule has 1 fully saturated rings. The van der Waals surface area contributed by atoms with Crippen molar-refractivity contribution >= 4 is 12.5 Å². The van der Waals surface area contributed by atoms with Crippen LogP contribution in [-0.2, 0) is 4.79 Å². The average molecular weight is 365 g/mol. The highest BCUT2D eigenvalue weighted by Crippen LogP contribution is 2.16. The third kappa shape index (κ3) is 12.8. The van der Waals surface area contributed by atoms with E-state index in [1.165, 1.54) is 12.1 Å². The third-order valence-electron chi connectivity index (χ3n) is 4.54. The fourth-order valence-corrected chi connectivity index (χ4v) is 2.45. The number of piperidine rings is 1. The second kappa shape index (κ2) is 15.8. The summed E-state index contributed by atoms with van der Waals surface area (Å²) >= 11 is 0. The van der Waals surface area contributed by atoms with Crippen LogP contribution in [0, 0.1) is 5.92 Å². The highest BCUT2D eigenvalue weighted by atomic mass is 16.1. The zero-order chi connectivity index (χ0) is 19.8. The second-order valence-corrected chi connectivity index (χ2v) is 7.03. The predicted octanol–water partition coefficient (Wildman–Crippen LogP) is 2.95. The van der Waals surface area contributed by atoms with E-state index in [9.17, 15) is 4.79 Å². The quantitative estimate of drug-likeness (QED) is 0.358. The van der Waals surface area contributed by atoms with Crippen LogP contribution in [0.15, 0.2) is 28.9 Å². The van der Waals surface area contributed by atoms with Gasteiger partial charge in [-0.15, -0.1) is 0 Å². The second-order valence-electron chi connectivity index (χ2n) is 7.03. The number of hydrogen-bond acceptors (Lipinski definition) is 5. The van der Waals surface area contributed by atoms with Gasteiger partial charge in [0.15, 0.2) is 0 Å². The van der Waals surface area contributed by atoms with E-state index in [-0.39, 0.29) is 5.92 Å². The summed E-state index contributed by atoms with van der Waals surface area (Å²) in [7, 11) is 8.11. The molecular formula is C21H40N4O. The molecule has 0 unspecified atom stereocenters. The van der Waals surface area contributed by atoms with Crippen LogP contribution in [0.4, 0.5) is 0 Å². The van der Waals surface area contributed by atoms with Gasteiger partial charge in [-0.2, -0.15) is 0 Å². The number of allylic oxidation sites excluding steroid dienone is 3. The van der Waals surface area contributed by atoms with E-state index >= 15 is 0 Å². The molecule has 1 heterocycles. The first kappa shape index (κ1) is 24.5. The summed E-state index contributed by atoms with van der Waals surface area (Å²) in [6.45, 7) is 9.78. The number of likely N-dealkylation sites (N-methyl/N-ethyl adjacent to an activating group) is 2. The van der Waals surface area contributed by atoms with E-state index < -0.39 is 0 Å². The molecule has 5 heteroatoms. The smallest absolute Gasteiger partial charge is 0.123 e. The van der Waals surface area contributed by atoms with Crippen molar-refractivity contribution in [3.63, 3.8) is 0 Å². The number of nitrogens with zero attached hydrogens (tertiary/aromatic N) is 4. The fraction of sp³-hybridized carbons (Fsp3) is 0.714. The normalized spacial score (nSPS) is 16.6. The predicted molar refractivity (Wildman–Crippen MR) is 114 cm³/mol. The Balaban J connectivity index is 0.000000590. The van der Waals surface area contributed by atoms with E-state index in [0.29, 0.717) is 0 Å². The number of hydrogen-bond donors (Lipinski definition) is 0. The van der Waals surface area contributed by atoms with Crippen molar-refractivity contribution in [2.75, 3.05) is 60.9 Å². The molecule has 1 aliphatic rings.